The van der Waals surface area contributed by atoms with E-state index in [9.17, 15) is 0 Å². The lowest BCUT2D eigenvalue weighted by Crippen LogP contribution is -2.07. The SMILES string of the molecule is CCCNc1ncnc(-c2cc(Cl)ccc2Cl)c1CC. The van der Waals surface area contributed by atoms with Gasteiger partial charge >= 0.3 is 0 Å². The van der Waals surface area contributed by atoms with Crippen molar-refractivity contribution in [1.82, 2.24) is 9.97 Å². The van der Waals surface area contributed by atoms with Gasteiger partial charge in [-0.05, 0) is 31.0 Å². The van der Waals surface area contributed by atoms with Crippen molar-refractivity contribution in [2.24, 2.45) is 0 Å². The second-order valence-electron chi connectivity index (χ2n) is 4.45. The van der Waals surface area contributed by atoms with E-state index in [2.05, 4.69) is 29.1 Å². The van der Waals surface area contributed by atoms with Gasteiger partial charge in [0.05, 0.1) is 10.7 Å². The molecular weight excluding hydrogens is 293 g/mol. The van der Waals surface area contributed by atoms with Gasteiger partial charge in [-0.1, -0.05) is 37.0 Å². The fourth-order valence-electron chi connectivity index (χ4n) is 2.05. The number of nitrogens with zero attached hydrogens (tertiary/aromatic N) is 2. The average Bonchev–Trinajstić information content (AvgIpc) is 2.47. The minimum absolute atomic E-state index is 0.643. The van der Waals surface area contributed by atoms with Gasteiger partial charge in [0.2, 0.25) is 0 Å². The summed E-state index contributed by atoms with van der Waals surface area (Å²) in [6, 6.07) is 5.41. The van der Waals surface area contributed by atoms with Gasteiger partial charge in [0, 0.05) is 22.7 Å². The zero-order valence-corrected chi connectivity index (χ0v) is 13.1. The number of nitrogens with one attached hydrogen (secondary N) is 1. The minimum Gasteiger partial charge on any atom is -0.370 e. The molecule has 0 saturated carbocycles. The van der Waals surface area contributed by atoms with Gasteiger partial charge in [0.1, 0.15) is 12.1 Å². The second kappa shape index (κ2) is 6.91. The third kappa shape index (κ3) is 3.22. The van der Waals surface area contributed by atoms with Gasteiger partial charge in [-0.3, -0.25) is 0 Å². The van der Waals surface area contributed by atoms with E-state index in [0.29, 0.717) is 10.0 Å². The molecule has 0 saturated heterocycles. The van der Waals surface area contributed by atoms with E-state index in [1.54, 1.807) is 18.5 Å². The molecule has 2 aromatic rings. The minimum atomic E-state index is 0.643. The zero-order valence-electron chi connectivity index (χ0n) is 11.6. The van der Waals surface area contributed by atoms with Gasteiger partial charge in [-0.15, -0.1) is 0 Å². The Balaban J connectivity index is 2.53. The Labute approximate surface area is 129 Å². The number of hydrogen-bond acceptors (Lipinski definition) is 3. The molecule has 0 spiro atoms. The Hall–Kier alpha value is -1.32. The van der Waals surface area contributed by atoms with E-state index < -0.39 is 0 Å². The number of rotatable bonds is 5. The predicted octanol–water partition coefficient (Wildman–Crippen LogP) is 4.83. The molecular formula is C15H17Cl2N3. The lowest BCUT2D eigenvalue weighted by molar-refractivity contribution is 0.949. The van der Waals surface area contributed by atoms with Crippen molar-refractivity contribution in [2.75, 3.05) is 11.9 Å². The molecule has 5 heteroatoms. The fourth-order valence-corrected chi connectivity index (χ4v) is 2.43. The van der Waals surface area contributed by atoms with Crippen molar-refractivity contribution in [3.8, 4) is 11.3 Å². The summed E-state index contributed by atoms with van der Waals surface area (Å²) in [5.74, 6) is 0.871. The van der Waals surface area contributed by atoms with Crippen LogP contribution in [0.3, 0.4) is 0 Å². The highest BCUT2D eigenvalue weighted by molar-refractivity contribution is 6.35. The van der Waals surface area contributed by atoms with Crippen LogP contribution in [0.2, 0.25) is 10.0 Å². The van der Waals surface area contributed by atoms with E-state index in [0.717, 1.165) is 42.0 Å². The number of anilines is 1. The second-order valence-corrected chi connectivity index (χ2v) is 5.30. The van der Waals surface area contributed by atoms with E-state index in [4.69, 9.17) is 23.2 Å². The van der Waals surface area contributed by atoms with E-state index in [1.807, 2.05) is 6.07 Å². The quantitative estimate of drug-likeness (QED) is 0.859. The summed E-state index contributed by atoms with van der Waals surface area (Å²) in [4.78, 5) is 8.72. The summed E-state index contributed by atoms with van der Waals surface area (Å²) >= 11 is 12.3. The van der Waals surface area contributed by atoms with E-state index in [1.165, 1.54) is 0 Å². The van der Waals surface area contributed by atoms with Crippen molar-refractivity contribution in [3.63, 3.8) is 0 Å². The van der Waals surface area contributed by atoms with Gasteiger partial charge < -0.3 is 5.32 Å². The van der Waals surface area contributed by atoms with Crippen molar-refractivity contribution in [1.29, 1.82) is 0 Å². The summed E-state index contributed by atoms with van der Waals surface area (Å²) in [7, 11) is 0. The van der Waals surface area contributed by atoms with Gasteiger partial charge in [0.25, 0.3) is 0 Å². The molecule has 0 fully saturated rings. The third-order valence-electron chi connectivity index (χ3n) is 3.02. The van der Waals surface area contributed by atoms with Crippen LogP contribution in [-0.4, -0.2) is 16.5 Å². The molecule has 20 heavy (non-hydrogen) atoms. The van der Waals surface area contributed by atoms with Crippen LogP contribution in [0.1, 0.15) is 25.8 Å². The summed E-state index contributed by atoms with van der Waals surface area (Å²) in [5, 5.41) is 4.62. The summed E-state index contributed by atoms with van der Waals surface area (Å²) in [5.41, 5.74) is 2.75. The molecule has 0 aliphatic heterocycles. The van der Waals surface area contributed by atoms with E-state index in [-0.39, 0.29) is 0 Å². The molecule has 1 heterocycles. The number of halogens is 2. The molecule has 0 atom stereocenters. The van der Waals surface area contributed by atoms with Crippen LogP contribution in [0.25, 0.3) is 11.3 Å². The van der Waals surface area contributed by atoms with Crippen LogP contribution in [-0.2, 0) is 6.42 Å². The molecule has 0 aliphatic carbocycles. The number of benzene rings is 1. The topological polar surface area (TPSA) is 37.8 Å². The molecule has 3 nitrogen and oxygen atoms in total. The monoisotopic (exact) mass is 309 g/mol. The fraction of sp³-hybridized carbons (Fsp3) is 0.333. The molecule has 0 radical (unpaired) electrons. The molecule has 0 amide bonds. The maximum atomic E-state index is 6.28. The first-order valence-electron chi connectivity index (χ1n) is 6.70. The lowest BCUT2D eigenvalue weighted by atomic mass is 10.0. The van der Waals surface area contributed by atoms with Crippen molar-refractivity contribution in [3.05, 3.63) is 40.1 Å². The lowest BCUT2D eigenvalue weighted by Gasteiger charge is -2.14. The Bertz CT molecular complexity index is 600. The highest BCUT2D eigenvalue weighted by atomic mass is 35.5. The molecule has 1 aromatic carbocycles. The highest BCUT2D eigenvalue weighted by Crippen LogP contribution is 2.33. The van der Waals surface area contributed by atoms with E-state index >= 15 is 0 Å². The van der Waals surface area contributed by atoms with Crippen LogP contribution < -0.4 is 5.32 Å². The van der Waals surface area contributed by atoms with Crippen LogP contribution >= 0.6 is 23.2 Å². The molecule has 0 unspecified atom stereocenters. The Kier molecular flexibility index (Phi) is 5.21. The summed E-state index contributed by atoms with van der Waals surface area (Å²) < 4.78 is 0. The zero-order chi connectivity index (χ0) is 14.5. The molecule has 106 valence electrons. The highest BCUT2D eigenvalue weighted by Gasteiger charge is 2.14. The molecule has 1 aromatic heterocycles. The van der Waals surface area contributed by atoms with Crippen molar-refractivity contribution in [2.45, 2.75) is 26.7 Å². The number of aromatic nitrogens is 2. The van der Waals surface area contributed by atoms with Crippen LogP contribution in [0.4, 0.5) is 5.82 Å². The molecule has 2 rings (SSSR count). The maximum Gasteiger partial charge on any atom is 0.133 e. The molecule has 0 aliphatic rings. The van der Waals surface area contributed by atoms with Gasteiger partial charge in [0.15, 0.2) is 0 Å². The summed E-state index contributed by atoms with van der Waals surface area (Å²) in [6.45, 7) is 5.08. The summed E-state index contributed by atoms with van der Waals surface area (Å²) in [6.07, 6.45) is 3.43. The normalized spacial score (nSPS) is 10.6. The standard InChI is InChI=1S/C15H17Cl2N3/c1-3-7-18-15-11(4-2)14(19-9-20-15)12-8-10(16)5-6-13(12)17/h5-6,8-9H,3-4,7H2,1-2H3,(H,18,19,20). The Morgan fingerprint density at radius 2 is 1.95 bits per heavy atom. The smallest absolute Gasteiger partial charge is 0.133 e. The van der Waals surface area contributed by atoms with Gasteiger partial charge in [-0.25, -0.2) is 9.97 Å². The predicted molar refractivity (Wildman–Crippen MR) is 85.6 cm³/mol. The van der Waals surface area contributed by atoms with Crippen LogP contribution in [0, 0.1) is 0 Å². The average molecular weight is 310 g/mol. The third-order valence-corrected chi connectivity index (χ3v) is 3.59. The Morgan fingerprint density at radius 1 is 1.15 bits per heavy atom. The van der Waals surface area contributed by atoms with Crippen molar-refractivity contribution >= 4 is 29.0 Å². The first-order valence-corrected chi connectivity index (χ1v) is 7.46. The molecule has 1 N–H and O–H groups in total. The van der Waals surface area contributed by atoms with Crippen LogP contribution in [0.5, 0.6) is 0 Å². The molecule has 0 bridgehead atoms. The van der Waals surface area contributed by atoms with Crippen molar-refractivity contribution < 1.29 is 0 Å². The first kappa shape index (κ1) is 15.1. The first-order chi connectivity index (χ1) is 9.67. The van der Waals surface area contributed by atoms with Crippen LogP contribution in [0.15, 0.2) is 24.5 Å². The number of hydrogen-bond donors (Lipinski definition) is 1. The van der Waals surface area contributed by atoms with Gasteiger partial charge in [-0.2, -0.15) is 0 Å². The maximum absolute atomic E-state index is 6.28. The Morgan fingerprint density at radius 3 is 2.65 bits per heavy atom. The largest absolute Gasteiger partial charge is 0.370 e.